The number of methoxy groups -OCH3 is 1. The molecular weight excluding hydrogens is 362 g/mol. The zero-order valence-corrected chi connectivity index (χ0v) is 16.3. The zero-order chi connectivity index (χ0) is 19.4. The summed E-state index contributed by atoms with van der Waals surface area (Å²) >= 11 is 1.45. The first-order chi connectivity index (χ1) is 13.0. The van der Waals surface area contributed by atoms with Crippen LogP contribution in [0.2, 0.25) is 0 Å². The van der Waals surface area contributed by atoms with Crippen LogP contribution in [0.1, 0.15) is 16.7 Å². The number of ether oxygens (including phenoxy) is 1. The summed E-state index contributed by atoms with van der Waals surface area (Å²) in [5, 5.41) is 3.76. The van der Waals surface area contributed by atoms with E-state index in [1.54, 1.807) is 13.2 Å². The van der Waals surface area contributed by atoms with Crippen molar-refractivity contribution in [3.63, 3.8) is 0 Å². The summed E-state index contributed by atoms with van der Waals surface area (Å²) in [7, 11) is 1.58. The fraction of sp³-hybridized carbons (Fsp3) is 0.238. The number of fused-ring (bicyclic) bond motifs is 1. The Morgan fingerprint density at radius 3 is 2.70 bits per heavy atom. The molecule has 1 amide bonds. The van der Waals surface area contributed by atoms with Crippen molar-refractivity contribution >= 4 is 34.3 Å². The molecule has 0 atom stereocenters. The monoisotopic (exact) mass is 383 g/mol. The van der Waals surface area contributed by atoms with Crippen LogP contribution in [0.4, 0.5) is 5.69 Å². The summed E-state index contributed by atoms with van der Waals surface area (Å²) < 4.78 is 10.5. The van der Waals surface area contributed by atoms with Gasteiger partial charge in [-0.3, -0.25) is 4.79 Å². The molecule has 27 heavy (non-hydrogen) atoms. The highest BCUT2D eigenvalue weighted by atomic mass is 32.2. The molecule has 1 aromatic heterocycles. The molecule has 3 rings (SSSR count). The molecule has 3 aromatic rings. The van der Waals surface area contributed by atoms with Gasteiger partial charge in [0.25, 0.3) is 0 Å². The van der Waals surface area contributed by atoms with Crippen molar-refractivity contribution in [2.75, 3.05) is 18.2 Å². The standard InChI is InChI=1S/C21H21NO4S/c1-13-7-18-15(9-21(24)26-19(18)8-14(13)2)11-27-12-20(23)22-16-5-4-6-17(10-16)25-3/h4-10H,11-12H2,1-3H3,(H,22,23). The number of thioether (sulfide) groups is 1. The maximum atomic E-state index is 12.2. The van der Waals surface area contributed by atoms with E-state index in [9.17, 15) is 9.59 Å². The Morgan fingerprint density at radius 2 is 1.93 bits per heavy atom. The molecule has 0 fully saturated rings. The number of carbonyl (C=O) groups excluding carboxylic acids is 1. The van der Waals surface area contributed by atoms with E-state index in [1.165, 1.54) is 17.8 Å². The molecule has 0 unspecified atom stereocenters. The molecule has 5 nitrogen and oxygen atoms in total. The van der Waals surface area contributed by atoms with Gasteiger partial charge in [0, 0.05) is 29.0 Å². The molecule has 140 valence electrons. The largest absolute Gasteiger partial charge is 0.497 e. The fourth-order valence-electron chi connectivity index (χ4n) is 2.75. The van der Waals surface area contributed by atoms with Crippen molar-refractivity contribution in [2.45, 2.75) is 19.6 Å². The van der Waals surface area contributed by atoms with Crippen molar-refractivity contribution in [1.82, 2.24) is 0 Å². The Bertz CT molecular complexity index is 1040. The predicted octanol–water partition coefficient (Wildman–Crippen LogP) is 4.29. The predicted molar refractivity (Wildman–Crippen MR) is 110 cm³/mol. The number of carbonyl (C=O) groups is 1. The quantitative estimate of drug-likeness (QED) is 0.643. The summed E-state index contributed by atoms with van der Waals surface area (Å²) in [5.74, 6) is 1.42. The second-order valence-corrected chi connectivity index (χ2v) is 7.28. The highest BCUT2D eigenvalue weighted by Crippen LogP contribution is 2.25. The van der Waals surface area contributed by atoms with Gasteiger partial charge in [0.15, 0.2) is 0 Å². The van der Waals surface area contributed by atoms with E-state index in [4.69, 9.17) is 9.15 Å². The Kier molecular flexibility index (Phi) is 5.86. The maximum Gasteiger partial charge on any atom is 0.336 e. The van der Waals surface area contributed by atoms with Crippen LogP contribution in [0.15, 0.2) is 51.7 Å². The molecule has 0 radical (unpaired) electrons. The third-order valence-electron chi connectivity index (χ3n) is 4.29. The van der Waals surface area contributed by atoms with Crippen molar-refractivity contribution in [3.05, 3.63) is 69.6 Å². The highest BCUT2D eigenvalue weighted by Gasteiger charge is 2.10. The lowest BCUT2D eigenvalue weighted by molar-refractivity contribution is -0.113. The lowest BCUT2D eigenvalue weighted by Gasteiger charge is -2.09. The molecule has 0 aliphatic rings. The number of nitrogens with one attached hydrogen (secondary N) is 1. The molecule has 2 aromatic carbocycles. The first-order valence-electron chi connectivity index (χ1n) is 8.52. The minimum Gasteiger partial charge on any atom is -0.497 e. The molecule has 6 heteroatoms. The Hall–Kier alpha value is -2.73. The maximum absolute atomic E-state index is 12.2. The summed E-state index contributed by atoms with van der Waals surface area (Å²) in [5.41, 5.74) is 4.00. The molecule has 0 saturated carbocycles. The molecule has 0 aliphatic heterocycles. The lowest BCUT2D eigenvalue weighted by Crippen LogP contribution is -2.14. The number of anilines is 1. The van der Waals surface area contributed by atoms with E-state index < -0.39 is 0 Å². The van der Waals surface area contributed by atoms with Crippen LogP contribution in [-0.4, -0.2) is 18.8 Å². The first-order valence-corrected chi connectivity index (χ1v) is 9.67. The summed E-state index contributed by atoms with van der Waals surface area (Å²) in [6.45, 7) is 4.01. The van der Waals surface area contributed by atoms with Crippen LogP contribution in [0.25, 0.3) is 11.0 Å². The molecule has 1 heterocycles. The van der Waals surface area contributed by atoms with Gasteiger partial charge in [-0.15, -0.1) is 11.8 Å². The van der Waals surface area contributed by atoms with Gasteiger partial charge in [0.2, 0.25) is 5.91 Å². The third-order valence-corrected chi connectivity index (χ3v) is 5.27. The third kappa shape index (κ3) is 4.71. The van der Waals surface area contributed by atoms with Crippen LogP contribution in [0, 0.1) is 13.8 Å². The van der Waals surface area contributed by atoms with Gasteiger partial charge in [0.1, 0.15) is 11.3 Å². The van der Waals surface area contributed by atoms with Crippen LogP contribution in [0.3, 0.4) is 0 Å². The minimum absolute atomic E-state index is 0.104. The van der Waals surface area contributed by atoms with E-state index in [2.05, 4.69) is 5.32 Å². The number of hydrogen-bond donors (Lipinski definition) is 1. The van der Waals surface area contributed by atoms with E-state index in [-0.39, 0.29) is 17.3 Å². The lowest BCUT2D eigenvalue weighted by atomic mass is 10.0. The Balaban J connectivity index is 1.67. The molecule has 0 aliphatic carbocycles. The molecule has 0 bridgehead atoms. The van der Waals surface area contributed by atoms with E-state index >= 15 is 0 Å². The number of aryl methyl sites for hydroxylation is 2. The summed E-state index contributed by atoms with van der Waals surface area (Å²) in [4.78, 5) is 24.0. The molecule has 0 spiro atoms. The van der Waals surface area contributed by atoms with Gasteiger partial charge in [-0.05, 0) is 54.8 Å². The number of hydrogen-bond acceptors (Lipinski definition) is 5. The van der Waals surface area contributed by atoms with Gasteiger partial charge >= 0.3 is 5.63 Å². The van der Waals surface area contributed by atoms with E-state index in [0.29, 0.717) is 22.8 Å². The van der Waals surface area contributed by atoms with E-state index in [1.807, 2.05) is 44.2 Å². The van der Waals surface area contributed by atoms with E-state index in [0.717, 1.165) is 22.1 Å². The Labute approximate surface area is 161 Å². The van der Waals surface area contributed by atoms with Crippen LogP contribution in [-0.2, 0) is 10.5 Å². The first kappa shape index (κ1) is 19.0. The average Bonchev–Trinajstić information content (AvgIpc) is 2.63. The number of benzene rings is 2. The van der Waals surface area contributed by atoms with Crippen LogP contribution < -0.4 is 15.7 Å². The molecular formula is C21H21NO4S. The van der Waals surface area contributed by atoms with Gasteiger partial charge in [-0.25, -0.2) is 4.79 Å². The topological polar surface area (TPSA) is 68.5 Å². The molecule has 0 saturated heterocycles. The van der Waals surface area contributed by atoms with Gasteiger partial charge < -0.3 is 14.5 Å². The van der Waals surface area contributed by atoms with Gasteiger partial charge in [-0.2, -0.15) is 0 Å². The van der Waals surface area contributed by atoms with Crippen molar-refractivity contribution in [1.29, 1.82) is 0 Å². The summed E-state index contributed by atoms with van der Waals surface area (Å²) in [6, 6.07) is 12.6. The van der Waals surface area contributed by atoms with Crippen molar-refractivity contribution in [2.24, 2.45) is 0 Å². The smallest absolute Gasteiger partial charge is 0.336 e. The summed E-state index contributed by atoms with van der Waals surface area (Å²) in [6.07, 6.45) is 0. The van der Waals surface area contributed by atoms with Crippen LogP contribution in [0.5, 0.6) is 5.75 Å². The van der Waals surface area contributed by atoms with Crippen molar-refractivity contribution in [3.8, 4) is 5.75 Å². The SMILES string of the molecule is COc1cccc(NC(=O)CSCc2cc(=O)oc3cc(C)c(C)cc23)c1. The normalized spacial score (nSPS) is 10.8. The van der Waals surface area contributed by atoms with Crippen LogP contribution >= 0.6 is 11.8 Å². The number of amides is 1. The zero-order valence-electron chi connectivity index (χ0n) is 15.5. The molecule has 1 N–H and O–H groups in total. The Morgan fingerprint density at radius 1 is 1.15 bits per heavy atom. The minimum atomic E-state index is -0.373. The number of rotatable bonds is 6. The second-order valence-electron chi connectivity index (χ2n) is 6.30. The van der Waals surface area contributed by atoms with Gasteiger partial charge in [-0.1, -0.05) is 6.07 Å². The fourth-order valence-corrected chi connectivity index (χ4v) is 3.57. The van der Waals surface area contributed by atoms with Gasteiger partial charge in [0.05, 0.1) is 12.9 Å². The second kappa shape index (κ2) is 8.31. The average molecular weight is 383 g/mol. The highest BCUT2D eigenvalue weighted by molar-refractivity contribution is 7.99. The van der Waals surface area contributed by atoms with Crippen molar-refractivity contribution < 1.29 is 13.9 Å².